The molecule has 0 aromatic heterocycles. The van der Waals surface area contributed by atoms with Crippen LogP contribution in [0.5, 0.6) is 0 Å². The van der Waals surface area contributed by atoms with E-state index in [0.29, 0.717) is 0 Å². The molecule has 7 nitrogen and oxygen atoms in total. The first-order valence-corrected chi connectivity index (χ1v) is 4.84. The van der Waals surface area contributed by atoms with Crippen LogP contribution in [0.15, 0.2) is 0 Å². The number of rotatable bonds is 1. The summed E-state index contributed by atoms with van der Waals surface area (Å²) in [6.45, 7) is 5.02. The largest absolute Gasteiger partial charge is 0.444 e. The number of alkyl carbamates (subject to hydrolysis) is 1. The second-order valence-corrected chi connectivity index (χ2v) is 4.36. The lowest BCUT2D eigenvalue weighted by Gasteiger charge is -2.26. The van der Waals surface area contributed by atoms with Crippen LogP contribution in [-0.2, 0) is 14.3 Å². The second kappa shape index (κ2) is 4.38. The van der Waals surface area contributed by atoms with E-state index in [1.807, 2.05) is 0 Å². The maximum absolute atomic E-state index is 11.3. The lowest BCUT2D eigenvalue weighted by Crippen LogP contribution is -2.63. The van der Waals surface area contributed by atoms with Gasteiger partial charge in [0, 0.05) is 0 Å². The molecule has 90 valence electrons. The van der Waals surface area contributed by atoms with E-state index in [1.165, 1.54) is 0 Å². The number of hydrogen-bond acceptors (Lipinski definition) is 4. The van der Waals surface area contributed by atoms with Crippen molar-refractivity contribution in [1.82, 2.24) is 16.0 Å². The van der Waals surface area contributed by atoms with Gasteiger partial charge in [-0.05, 0) is 20.8 Å². The van der Waals surface area contributed by atoms with Crippen molar-refractivity contribution in [1.29, 1.82) is 0 Å². The molecule has 0 bridgehead atoms. The maximum Gasteiger partial charge on any atom is 0.409 e. The summed E-state index contributed by atoms with van der Waals surface area (Å²) >= 11 is 0. The van der Waals surface area contributed by atoms with Gasteiger partial charge in [0.05, 0.1) is 6.54 Å². The first-order chi connectivity index (χ1) is 7.28. The van der Waals surface area contributed by atoms with Gasteiger partial charge in [0.1, 0.15) is 5.60 Å². The van der Waals surface area contributed by atoms with Gasteiger partial charge in [0.2, 0.25) is 5.91 Å². The molecule has 1 heterocycles. The van der Waals surface area contributed by atoms with Crippen LogP contribution in [-0.4, -0.2) is 36.2 Å². The molecule has 0 aromatic rings. The van der Waals surface area contributed by atoms with Crippen molar-refractivity contribution in [2.24, 2.45) is 0 Å². The topological polar surface area (TPSA) is 96.5 Å². The Morgan fingerprint density at radius 3 is 2.62 bits per heavy atom. The summed E-state index contributed by atoms with van der Waals surface area (Å²) in [5, 5.41) is 6.90. The number of carbonyl (C=O) groups is 3. The van der Waals surface area contributed by atoms with Crippen LogP contribution in [0.2, 0.25) is 0 Å². The van der Waals surface area contributed by atoms with E-state index in [4.69, 9.17) is 4.74 Å². The summed E-state index contributed by atoms with van der Waals surface area (Å²) in [5.41, 5.74) is -0.654. The van der Waals surface area contributed by atoms with Crippen molar-refractivity contribution in [2.45, 2.75) is 32.5 Å². The normalized spacial score (nSPS) is 20.8. The molecule has 7 heteroatoms. The van der Waals surface area contributed by atoms with Crippen LogP contribution in [0.3, 0.4) is 0 Å². The molecule has 1 saturated heterocycles. The highest BCUT2D eigenvalue weighted by Gasteiger charge is 2.28. The molecule has 3 amide bonds. The van der Waals surface area contributed by atoms with Crippen LogP contribution < -0.4 is 16.0 Å². The van der Waals surface area contributed by atoms with Crippen molar-refractivity contribution in [3.8, 4) is 0 Å². The lowest BCUT2D eigenvalue weighted by molar-refractivity contribution is -0.134. The summed E-state index contributed by atoms with van der Waals surface area (Å²) in [4.78, 5) is 33.5. The fraction of sp³-hybridized carbons (Fsp3) is 0.667. The van der Waals surface area contributed by atoms with E-state index >= 15 is 0 Å². The van der Waals surface area contributed by atoms with E-state index in [9.17, 15) is 14.4 Å². The van der Waals surface area contributed by atoms with Gasteiger partial charge < -0.3 is 15.4 Å². The zero-order chi connectivity index (χ0) is 12.3. The highest BCUT2D eigenvalue weighted by Crippen LogP contribution is 2.06. The van der Waals surface area contributed by atoms with Gasteiger partial charge in [-0.25, -0.2) is 4.79 Å². The quantitative estimate of drug-likeness (QED) is 0.542. The SMILES string of the molecule is CC(C)(C)OC(=O)NC1NC(=O)CNC1=O. The monoisotopic (exact) mass is 229 g/mol. The summed E-state index contributed by atoms with van der Waals surface area (Å²) in [7, 11) is 0. The number of ether oxygens (including phenoxy) is 1. The maximum atomic E-state index is 11.3. The molecule has 16 heavy (non-hydrogen) atoms. The van der Waals surface area contributed by atoms with E-state index in [2.05, 4.69) is 16.0 Å². The summed E-state index contributed by atoms with van der Waals surface area (Å²) < 4.78 is 4.94. The highest BCUT2D eigenvalue weighted by molar-refractivity contribution is 5.96. The van der Waals surface area contributed by atoms with Crippen molar-refractivity contribution >= 4 is 17.9 Å². The van der Waals surface area contributed by atoms with E-state index in [1.54, 1.807) is 20.8 Å². The average Bonchev–Trinajstić information content (AvgIpc) is 2.08. The molecule has 3 N–H and O–H groups in total. The number of amides is 3. The third kappa shape index (κ3) is 3.76. The minimum absolute atomic E-state index is 0.0780. The molecule has 1 atom stereocenters. The van der Waals surface area contributed by atoms with Crippen molar-refractivity contribution in [3.63, 3.8) is 0 Å². The van der Waals surface area contributed by atoms with Crippen molar-refractivity contribution in [3.05, 3.63) is 0 Å². The van der Waals surface area contributed by atoms with Gasteiger partial charge in [-0.1, -0.05) is 0 Å². The van der Waals surface area contributed by atoms with Crippen LogP contribution in [0.4, 0.5) is 4.79 Å². The zero-order valence-corrected chi connectivity index (χ0v) is 9.42. The van der Waals surface area contributed by atoms with Gasteiger partial charge in [0.15, 0.2) is 6.17 Å². The van der Waals surface area contributed by atoms with Crippen LogP contribution in [0, 0.1) is 0 Å². The first-order valence-electron chi connectivity index (χ1n) is 4.84. The summed E-state index contributed by atoms with van der Waals surface area (Å²) in [6.07, 6.45) is -1.83. The predicted octanol–water partition coefficient (Wildman–Crippen LogP) is -0.917. The van der Waals surface area contributed by atoms with E-state index < -0.39 is 23.8 Å². The number of nitrogens with one attached hydrogen (secondary N) is 3. The van der Waals surface area contributed by atoms with Crippen LogP contribution in [0.1, 0.15) is 20.8 Å². The van der Waals surface area contributed by atoms with Gasteiger partial charge in [-0.15, -0.1) is 0 Å². The molecule has 1 aliphatic rings. The number of hydrogen-bond donors (Lipinski definition) is 3. The molecular formula is C9H15N3O4. The molecule has 0 spiro atoms. The number of carbonyl (C=O) groups excluding carboxylic acids is 3. The summed E-state index contributed by atoms with van der Waals surface area (Å²) in [5.74, 6) is -0.828. The minimum Gasteiger partial charge on any atom is -0.444 e. The standard InChI is InChI=1S/C9H15N3O4/c1-9(2,3)16-8(15)12-6-7(14)10-4-5(13)11-6/h6H,4H2,1-3H3,(H,10,14)(H,11,13)(H,12,15). The molecule has 0 aliphatic carbocycles. The molecule has 0 radical (unpaired) electrons. The van der Waals surface area contributed by atoms with E-state index in [0.717, 1.165) is 0 Å². The molecule has 0 saturated carbocycles. The third-order valence-electron chi connectivity index (χ3n) is 1.65. The smallest absolute Gasteiger partial charge is 0.409 e. The fourth-order valence-electron chi connectivity index (χ4n) is 1.07. The molecule has 1 unspecified atom stereocenters. The zero-order valence-electron chi connectivity index (χ0n) is 9.42. The summed E-state index contributed by atoms with van der Waals surface area (Å²) in [6, 6.07) is 0. The minimum atomic E-state index is -1.07. The third-order valence-corrected chi connectivity index (χ3v) is 1.65. The Morgan fingerprint density at radius 2 is 2.06 bits per heavy atom. The van der Waals surface area contributed by atoms with Crippen LogP contribution in [0.25, 0.3) is 0 Å². The average molecular weight is 229 g/mol. The van der Waals surface area contributed by atoms with Gasteiger partial charge in [-0.3, -0.25) is 14.9 Å². The van der Waals surface area contributed by atoms with Crippen molar-refractivity contribution in [2.75, 3.05) is 6.54 Å². The predicted molar refractivity (Wildman–Crippen MR) is 54.3 cm³/mol. The molecule has 1 fully saturated rings. The van der Waals surface area contributed by atoms with Gasteiger partial charge >= 0.3 is 6.09 Å². The Morgan fingerprint density at radius 1 is 1.44 bits per heavy atom. The Labute approximate surface area is 92.9 Å². The molecular weight excluding hydrogens is 214 g/mol. The number of piperazine rings is 1. The Hall–Kier alpha value is -1.79. The highest BCUT2D eigenvalue weighted by atomic mass is 16.6. The lowest BCUT2D eigenvalue weighted by atomic mass is 10.2. The molecule has 1 aliphatic heterocycles. The van der Waals surface area contributed by atoms with Gasteiger partial charge in [0.25, 0.3) is 5.91 Å². The molecule has 1 rings (SSSR count). The Balaban J connectivity index is 2.49. The molecule has 0 aromatic carbocycles. The van der Waals surface area contributed by atoms with E-state index in [-0.39, 0.29) is 12.5 Å². The second-order valence-electron chi connectivity index (χ2n) is 4.36. The fourth-order valence-corrected chi connectivity index (χ4v) is 1.07. The van der Waals surface area contributed by atoms with Crippen LogP contribution >= 0.6 is 0 Å². The Bertz CT molecular complexity index is 321. The first kappa shape index (κ1) is 12.3. The Kier molecular flexibility index (Phi) is 3.36. The van der Waals surface area contributed by atoms with Crippen molar-refractivity contribution < 1.29 is 19.1 Å². The van der Waals surface area contributed by atoms with Gasteiger partial charge in [-0.2, -0.15) is 0 Å².